The number of carbonyl (C=O) groups is 1. The van der Waals surface area contributed by atoms with Gasteiger partial charge in [0, 0.05) is 23.7 Å². The molecule has 0 aromatic rings. The molecule has 3 heteroatoms. The zero-order valence-electron chi connectivity index (χ0n) is 13.8. The summed E-state index contributed by atoms with van der Waals surface area (Å²) in [5.41, 5.74) is 0.211. The lowest BCUT2D eigenvalue weighted by atomic mass is 9.45. The summed E-state index contributed by atoms with van der Waals surface area (Å²) < 4.78 is 6.44. The lowest BCUT2D eigenvalue weighted by molar-refractivity contribution is -0.138. The Morgan fingerprint density at radius 1 is 1.09 bits per heavy atom. The quantitative estimate of drug-likeness (QED) is 0.748. The van der Waals surface area contributed by atoms with Crippen LogP contribution in [0.2, 0.25) is 0 Å². The van der Waals surface area contributed by atoms with Crippen molar-refractivity contribution in [3.63, 3.8) is 0 Å². The fraction of sp³-hybridized carbons (Fsp3) is 0.947. The van der Waals surface area contributed by atoms with Gasteiger partial charge in [0.05, 0.1) is 18.3 Å². The maximum Gasteiger partial charge on any atom is 0.139 e. The van der Waals surface area contributed by atoms with Crippen LogP contribution in [0.5, 0.6) is 0 Å². The van der Waals surface area contributed by atoms with Crippen molar-refractivity contribution in [3.8, 4) is 0 Å². The van der Waals surface area contributed by atoms with Gasteiger partial charge in [-0.15, -0.1) is 0 Å². The van der Waals surface area contributed by atoms with Crippen molar-refractivity contribution >= 4 is 5.78 Å². The van der Waals surface area contributed by atoms with E-state index >= 15 is 0 Å². The summed E-state index contributed by atoms with van der Waals surface area (Å²) in [5.74, 6) is 3.04. The molecule has 0 amide bonds. The van der Waals surface area contributed by atoms with E-state index in [0.29, 0.717) is 35.6 Å². The number of fused-ring (bicyclic) bond motifs is 3. The monoisotopic (exact) mass is 304 g/mol. The molecular weight excluding hydrogens is 276 g/mol. The third-order valence-corrected chi connectivity index (χ3v) is 8.74. The molecule has 22 heavy (non-hydrogen) atoms. The van der Waals surface area contributed by atoms with Crippen molar-refractivity contribution in [2.75, 3.05) is 0 Å². The summed E-state index contributed by atoms with van der Waals surface area (Å²) in [6, 6.07) is 0. The third kappa shape index (κ3) is 1.44. The first-order valence-corrected chi connectivity index (χ1v) is 9.31. The van der Waals surface area contributed by atoms with Crippen molar-refractivity contribution in [1.82, 2.24) is 0 Å². The molecular formula is C19H28O3. The normalized spacial score (nSPS) is 62.7. The van der Waals surface area contributed by atoms with Crippen LogP contribution < -0.4 is 0 Å². The van der Waals surface area contributed by atoms with Crippen LogP contribution in [-0.2, 0) is 9.53 Å². The summed E-state index contributed by atoms with van der Waals surface area (Å²) >= 11 is 0. The molecule has 4 bridgehead atoms. The lowest BCUT2D eigenvalue weighted by Gasteiger charge is -2.58. The van der Waals surface area contributed by atoms with Crippen LogP contribution in [0.4, 0.5) is 0 Å². The van der Waals surface area contributed by atoms with Crippen LogP contribution in [0.3, 0.4) is 0 Å². The molecule has 0 spiro atoms. The summed E-state index contributed by atoms with van der Waals surface area (Å²) in [6.45, 7) is 4.69. The van der Waals surface area contributed by atoms with E-state index < -0.39 is 0 Å². The maximum atomic E-state index is 12.4. The number of Topliss-reactive ketones (excluding diaryl/α,β-unsaturated/α-hetero) is 1. The van der Waals surface area contributed by atoms with Crippen molar-refractivity contribution in [3.05, 3.63) is 0 Å². The SMILES string of the molecule is C[C@]12C3CC(O)CC1C(C[C@@H]1[C@H]2CC[C@]2(C)C(=O)CC[C@@H]12)O3. The molecule has 9 atom stereocenters. The number of hydrogen-bond donors (Lipinski definition) is 1. The number of aliphatic hydroxyl groups is 1. The number of aliphatic hydroxyl groups excluding tert-OH is 1. The van der Waals surface area contributed by atoms with Crippen LogP contribution in [0.1, 0.15) is 58.8 Å². The second-order valence-corrected chi connectivity index (χ2v) is 9.29. The molecule has 0 aromatic heterocycles. The van der Waals surface area contributed by atoms with E-state index in [1.165, 1.54) is 6.42 Å². The largest absolute Gasteiger partial charge is 0.393 e. The minimum absolute atomic E-state index is 0.0388. The van der Waals surface area contributed by atoms with Crippen LogP contribution in [0.15, 0.2) is 0 Å². The molecule has 0 radical (unpaired) electrons. The van der Waals surface area contributed by atoms with Crippen LogP contribution >= 0.6 is 0 Å². The molecule has 1 saturated heterocycles. The Balaban J connectivity index is 1.54. The molecule has 5 rings (SSSR count). The Bertz CT molecular complexity index is 531. The minimum atomic E-state index is -0.161. The molecule has 4 saturated carbocycles. The first kappa shape index (κ1) is 14.0. The topological polar surface area (TPSA) is 46.5 Å². The average molecular weight is 304 g/mol. The highest BCUT2D eigenvalue weighted by molar-refractivity contribution is 5.87. The molecule has 1 aliphatic heterocycles. The van der Waals surface area contributed by atoms with E-state index in [4.69, 9.17) is 4.74 Å². The van der Waals surface area contributed by atoms with Gasteiger partial charge in [-0.1, -0.05) is 13.8 Å². The zero-order chi connectivity index (χ0) is 15.3. The van der Waals surface area contributed by atoms with Crippen molar-refractivity contribution < 1.29 is 14.6 Å². The molecule has 1 N–H and O–H groups in total. The van der Waals surface area contributed by atoms with E-state index in [1.807, 2.05) is 0 Å². The predicted molar refractivity (Wildman–Crippen MR) is 82.2 cm³/mol. The van der Waals surface area contributed by atoms with Crippen molar-refractivity contribution in [2.24, 2.45) is 34.5 Å². The average Bonchev–Trinajstić information content (AvgIpc) is 2.76. The smallest absolute Gasteiger partial charge is 0.139 e. The summed E-state index contributed by atoms with van der Waals surface area (Å²) in [4.78, 5) is 12.4. The third-order valence-electron chi connectivity index (χ3n) is 8.74. The second kappa shape index (κ2) is 4.16. The summed E-state index contributed by atoms with van der Waals surface area (Å²) in [7, 11) is 0. The highest BCUT2D eigenvalue weighted by atomic mass is 16.5. The number of carbonyl (C=O) groups excluding carboxylic acids is 1. The molecule has 0 aromatic carbocycles. The summed E-state index contributed by atoms with van der Waals surface area (Å²) in [5, 5.41) is 10.2. The Hall–Kier alpha value is -0.410. The number of hydrogen-bond acceptors (Lipinski definition) is 3. The molecule has 5 fully saturated rings. The van der Waals surface area contributed by atoms with E-state index in [1.54, 1.807) is 0 Å². The van der Waals surface area contributed by atoms with Crippen LogP contribution in [0.25, 0.3) is 0 Å². The van der Waals surface area contributed by atoms with Crippen molar-refractivity contribution in [1.29, 1.82) is 0 Å². The standard InChI is InChI=1S/C19H28O3/c1-18-6-5-13-11(12(18)3-4-16(18)21)9-15-14-7-10(20)8-17(22-15)19(13,14)2/h10-15,17,20H,3-9H2,1-2H3/t10?,11-,12-,13+,14?,15?,17?,18-,19+/m0/s1. The van der Waals surface area contributed by atoms with Gasteiger partial charge in [0.1, 0.15) is 5.78 Å². The second-order valence-electron chi connectivity index (χ2n) is 9.29. The highest BCUT2D eigenvalue weighted by Gasteiger charge is 2.68. The fourth-order valence-electron chi connectivity index (χ4n) is 7.60. The molecule has 4 unspecified atom stereocenters. The number of rotatable bonds is 0. The highest BCUT2D eigenvalue weighted by Crippen LogP contribution is 2.69. The van der Waals surface area contributed by atoms with Crippen molar-refractivity contribution in [2.45, 2.75) is 77.1 Å². The predicted octanol–water partition coefficient (Wildman–Crippen LogP) is 2.95. The van der Waals surface area contributed by atoms with Crippen LogP contribution in [-0.4, -0.2) is 29.2 Å². The minimum Gasteiger partial charge on any atom is -0.393 e. The van der Waals surface area contributed by atoms with Gasteiger partial charge in [-0.25, -0.2) is 0 Å². The maximum absolute atomic E-state index is 12.4. The Morgan fingerprint density at radius 3 is 2.73 bits per heavy atom. The van der Waals surface area contributed by atoms with Gasteiger partial charge < -0.3 is 9.84 Å². The first-order valence-electron chi connectivity index (χ1n) is 9.31. The van der Waals surface area contributed by atoms with Gasteiger partial charge in [0.25, 0.3) is 0 Å². The number of ether oxygens (including phenoxy) is 1. The number of ketones is 1. The van der Waals surface area contributed by atoms with E-state index in [-0.39, 0.29) is 23.0 Å². The molecule has 1 heterocycles. The van der Waals surface area contributed by atoms with Gasteiger partial charge >= 0.3 is 0 Å². The molecule has 4 aliphatic carbocycles. The molecule has 3 nitrogen and oxygen atoms in total. The molecule has 5 aliphatic rings. The molecule has 122 valence electrons. The van der Waals surface area contributed by atoms with Gasteiger partial charge in [-0.2, -0.15) is 0 Å². The lowest BCUT2D eigenvalue weighted by Crippen LogP contribution is -2.57. The van der Waals surface area contributed by atoms with E-state index in [0.717, 1.165) is 38.5 Å². The zero-order valence-corrected chi connectivity index (χ0v) is 13.8. The Kier molecular flexibility index (Phi) is 2.64. The Labute approximate surface area is 132 Å². The Morgan fingerprint density at radius 2 is 1.91 bits per heavy atom. The first-order chi connectivity index (χ1) is 10.4. The van der Waals surface area contributed by atoms with E-state index in [2.05, 4.69) is 13.8 Å². The van der Waals surface area contributed by atoms with Gasteiger partial charge in [-0.05, 0) is 55.8 Å². The van der Waals surface area contributed by atoms with E-state index in [9.17, 15) is 9.90 Å². The summed E-state index contributed by atoms with van der Waals surface area (Å²) in [6.07, 6.45) is 7.52. The fourth-order valence-corrected chi connectivity index (χ4v) is 7.60. The van der Waals surface area contributed by atoms with Gasteiger partial charge in [-0.3, -0.25) is 4.79 Å². The van der Waals surface area contributed by atoms with Gasteiger partial charge in [0.2, 0.25) is 0 Å². The van der Waals surface area contributed by atoms with Crippen LogP contribution in [0, 0.1) is 34.5 Å². The van der Waals surface area contributed by atoms with Gasteiger partial charge in [0.15, 0.2) is 0 Å².